The summed E-state index contributed by atoms with van der Waals surface area (Å²) in [6, 6.07) is 8.28. The molecule has 1 aromatic heterocycles. The van der Waals surface area contributed by atoms with Crippen molar-refractivity contribution in [3.05, 3.63) is 30.0 Å². The fraction of sp³-hybridized carbons (Fsp3) is 0.500. The molecule has 6 nitrogen and oxygen atoms in total. The van der Waals surface area contributed by atoms with Crippen LogP contribution in [0.1, 0.15) is 33.4 Å². The second-order valence-corrected chi connectivity index (χ2v) is 7.90. The molecule has 2 aromatic rings. The molecule has 2 aliphatic heterocycles. The van der Waals surface area contributed by atoms with Gasteiger partial charge in [0, 0.05) is 24.3 Å². The van der Waals surface area contributed by atoms with E-state index < -0.39 is 6.09 Å². The number of benzene rings is 1. The number of nitrogens with zero attached hydrogens (tertiary/aromatic N) is 2. The van der Waals surface area contributed by atoms with Gasteiger partial charge in [-0.15, -0.1) is 0 Å². The summed E-state index contributed by atoms with van der Waals surface area (Å²) in [5.74, 6) is 0. The fourth-order valence-electron chi connectivity index (χ4n) is 3.53. The lowest BCUT2D eigenvalue weighted by Crippen LogP contribution is -2.41. The Morgan fingerprint density at radius 3 is 2.44 bits per heavy atom. The molecule has 1 N–H and O–H groups in total. The van der Waals surface area contributed by atoms with Crippen molar-refractivity contribution in [3.8, 4) is 0 Å². The van der Waals surface area contributed by atoms with Crippen LogP contribution >= 0.6 is 0 Å². The van der Waals surface area contributed by atoms with Gasteiger partial charge in [0.15, 0.2) is 0 Å². The number of carboxylic acid groups (broad SMARTS) is 1. The highest BCUT2D eigenvalue weighted by molar-refractivity contribution is 6.62. The third kappa shape index (κ3) is 2.53. The Kier molecular flexibility index (Phi) is 3.46. The highest BCUT2D eigenvalue weighted by Crippen LogP contribution is 2.36. The largest absolute Gasteiger partial charge is 0.494 e. The third-order valence-corrected chi connectivity index (χ3v) is 5.75. The van der Waals surface area contributed by atoms with Gasteiger partial charge in [-0.1, -0.05) is 12.1 Å². The zero-order valence-electron chi connectivity index (χ0n) is 15.1. The van der Waals surface area contributed by atoms with E-state index in [4.69, 9.17) is 9.31 Å². The Morgan fingerprint density at radius 2 is 1.80 bits per heavy atom. The number of carbonyl (C=O) groups is 1. The highest BCUT2D eigenvalue weighted by atomic mass is 16.7. The Bertz CT molecular complexity index is 842. The molecule has 0 bridgehead atoms. The van der Waals surface area contributed by atoms with Crippen molar-refractivity contribution in [2.75, 3.05) is 6.54 Å². The van der Waals surface area contributed by atoms with Crippen LogP contribution in [0.5, 0.6) is 0 Å². The van der Waals surface area contributed by atoms with E-state index in [1.807, 2.05) is 33.8 Å². The quantitative estimate of drug-likeness (QED) is 0.809. The van der Waals surface area contributed by atoms with Crippen LogP contribution in [0.3, 0.4) is 0 Å². The maximum Gasteiger partial charge on any atom is 0.494 e. The van der Waals surface area contributed by atoms with Gasteiger partial charge >= 0.3 is 13.2 Å². The molecule has 1 aromatic carbocycles. The Hall–Kier alpha value is -1.99. The summed E-state index contributed by atoms with van der Waals surface area (Å²) in [5.41, 5.74) is 2.41. The summed E-state index contributed by atoms with van der Waals surface area (Å²) >= 11 is 0. The van der Waals surface area contributed by atoms with Crippen molar-refractivity contribution in [2.45, 2.75) is 52.0 Å². The van der Waals surface area contributed by atoms with Crippen molar-refractivity contribution in [2.24, 2.45) is 0 Å². The predicted molar refractivity (Wildman–Crippen MR) is 96.1 cm³/mol. The van der Waals surface area contributed by atoms with E-state index in [-0.39, 0.29) is 18.3 Å². The Labute approximate surface area is 147 Å². The summed E-state index contributed by atoms with van der Waals surface area (Å²) in [4.78, 5) is 12.7. The van der Waals surface area contributed by atoms with Gasteiger partial charge in [-0.25, -0.2) is 4.79 Å². The first-order chi connectivity index (χ1) is 11.7. The van der Waals surface area contributed by atoms with E-state index in [9.17, 15) is 9.90 Å². The van der Waals surface area contributed by atoms with E-state index in [1.54, 1.807) is 0 Å². The van der Waals surface area contributed by atoms with E-state index in [0.29, 0.717) is 19.6 Å². The minimum absolute atomic E-state index is 0.366. The first kappa shape index (κ1) is 16.5. The molecule has 0 unspecified atom stereocenters. The molecule has 2 aliphatic rings. The van der Waals surface area contributed by atoms with Crippen LogP contribution in [-0.2, 0) is 22.4 Å². The van der Waals surface area contributed by atoms with Crippen molar-refractivity contribution >= 4 is 29.6 Å². The molecule has 1 amide bonds. The molecule has 0 spiro atoms. The topological polar surface area (TPSA) is 63.9 Å². The minimum Gasteiger partial charge on any atom is -0.465 e. The van der Waals surface area contributed by atoms with Gasteiger partial charge in [-0.05, 0) is 50.7 Å². The monoisotopic (exact) mass is 342 g/mol. The maximum atomic E-state index is 11.2. The summed E-state index contributed by atoms with van der Waals surface area (Å²) in [6.07, 6.45) is -0.866. The molecule has 25 heavy (non-hydrogen) atoms. The lowest BCUT2D eigenvalue weighted by Gasteiger charge is -2.32. The van der Waals surface area contributed by atoms with Crippen LogP contribution in [0.15, 0.2) is 24.3 Å². The third-order valence-electron chi connectivity index (χ3n) is 5.75. The first-order valence-electron chi connectivity index (χ1n) is 8.63. The normalized spacial score (nSPS) is 21.6. The van der Waals surface area contributed by atoms with Crippen LogP contribution in [-0.4, -0.2) is 45.5 Å². The molecular weight excluding hydrogens is 319 g/mol. The summed E-state index contributed by atoms with van der Waals surface area (Å²) < 4.78 is 14.5. The Balaban J connectivity index is 1.68. The molecule has 0 saturated carbocycles. The molecule has 1 saturated heterocycles. The molecule has 0 atom stereocenters. The van der Waals surface area contributed by atoms with E-state index in [0.717, 1.165) is 22.1 Å². The van der Waals surface area contributed by atoms with E-state index in [1.165, 1.54) is 4.90 Å². The second-order valence-electron chi connectivity index (χ2n) is 7.90. The van der Waals surface area contributed by atoms with Gasteiger partial charge in [-0.2, -0.15) is 0 Å². The Morgan fingerprint density at radius 1 is 1.12 bits per heavy atom. The van der Waals surface area contributed by atoms with Gasteiger partial charge in [0.05, 0.1) is 17.7 Å². The van der Waals surface area contributed by atoms with Gasteiger partial charge < -0.3 is 23.9 Å². The molecule has 1 fully saturated rings. The van der Waals surface area contributed by atoms with Gasteiger partial charge in [-0.3, -0.25) is 0 Å². The predicted octanol–water partition coefficient (Wildman–Crippen LogP) is 2.43. The standard InChI is InChI=1S/C18H23BN2O4/c1-17(2)18(3,4)25-19(24-17)13-5-6-15-12(9-13)10-14-11-20(16(22)23)7-8-21(14)15/h5-6,9-10H,7-8,11H2,1-4H3,(H,22,23). The molecule has 4 rings (SSSR count). The molecular formula is C18H23BN2O4. The van der Waals surface area contributed by atoms with Crippen LogP contribution < -0.4 is 5.46 Å². The number of hydrogen-bond acceptors (Lipinski definition) is 3. The minimum atomic E-state index is -0.866. The van der Waals surface area contributed by atoms with Crippen LogP contribution in [0.25, 0.3) is 10.9 Å². The molecule has 0 aliphatic carbocycles. The van der Waals surface area contributed by atoms with Gasteiger partial charge in [0.25, 0.3) is 0 Å². The first-order valence-corrected chi connectivity index (χ1v) is 8.63. The molecule has 7 heteroatoms. The number of amides is 1. The number of rotatable bonds is 1. The van der Waals surface area contributed by atoms with Gasteiger partial charge in [0.1, 0.15) is 0 Å². The lowest BCUT2D eigenvalue weighted by atomic mass is 9.78. The molecule has 132 valence electrons. The lowest BCUT2D eigenvalue weighted by molar-refractivity contribution is 0.00578. The summed E-state index contributed by atoms with van der Waals surface area (Å²) in [5, 5.41) is 10.3. The average molecular weight is 342 g/mol. The van der Waals surface area contributed by atoms with Crippen molar-refractivity contribution in [3.63, 3.8) is 0 Å². The second kappa shape index (κ2) is 5.25. The van der Waals surface area contributed by atoms with E-state index >= 15 is 0 Å². The van der Waals surface area contributed by atoms with Crippen LogP contribution in [0, 0.1) is 0 Å². The zero-order chi connectivity index (χ0) is 18.0. The van der Waals surface area contributed by atoms with Crippen molar-refractivity contribution in [1.29, 1.82) is 0 Å². The van der Waals surface area contributed by atoms with Crippen LogP contribution in [0.2, 0.25) is 0 Å². The van der Waals surface area contributed by atoms with Crippen molar-refractivity contribution in [1.82, 2.24) is 9.47 Å². The van der Waals surface area contributed by atoms with Crippen LogP contribution in [0.4, 0.5) is 4.79 Å². The van der Waals surface area contributed by atoms with Gasteiger partial charge in [0.2, 0.25) is 0 Å². The fourth-order valence-corrected chi connectivity index (χ4v) is 3.53. The number of aromatic nitrogens is 1. The summed E-state index contributed by atoms with van der Waals surface area (Å²) in [6.45, 7) is 9.81. The van der Waals surface area contributed by atoms with Crippen molar-refractivity contribution < 1.29 is 19.2 Å². The average Bonchev–Trinajstić information content (AvgIpc) is 2.99. The molecule has 3 heterocycles. The SMILES string of the molecule is CC1(C)OB(c2ccc3c(c2)cc2n3CCN(C(=O)O)C2)OC1(C)C. The summed E-state index contributed by atoms with van der Waals surface area (Å²) in [7, 11) is -0.387. The van der Waals surface area contributed by atoms with E-state index in [2.05, 4.69) is 22.8 Å². The molecule has 0 radical (unpaired) electrons. The highest BCUT2D eigenvalue weighted by Gasteiger charge is 2.51. The number of fused-ring (bicyclic) bond motifs is 3. The maximum absolute atomic E-state index is 11.2. The number of hydrogen-bond donors (Lipinski definition) is 1. The zero-order valence-corrected chi connectivity index (χ0v) is 15.1. The smallest absolute Gasteiger partial charge is 0.465 e.